The predicted molar refractivity (Wildman–Crippen MR) is 69.2 cm³/mol. The van der Waals surface area contributed by atoms with Crippen molar-refractivity contribution in [1.29, 1.82) is 0 Å². The van der Waals surface area contributed by atoms with Gasteiger partial charge in [-0.25, -0.2) is 9.97 Å². The number of aromatic hydroxyl groups is 1. The number of nitrogens with zero attached hydrogens (tertiary/aromatic N) is 3. The molecule has 6 nitrogen and oxygen atoms in total. The van der Waals surface area contributed by atoms with E-state index in [-0.39, 0.29) is 16.9 Å². The lowest BCUT2D eigenvalue weighted by molar-refractivity contribution is 0.456. The maximum atomic E-state index is 11.7. The number of rotatable bonds is 1. The Morgan fingerprint density at radius 1 is 1.32 bits per heavy atom. The molecule has 0 atom stereocenters. The van der Waals surface area contributed by atoms with E-state index in [9.17, 15) is 9.90 Å². The highest BCUT2D eigenvalue weighted by Crippen LogP contribution is 2.27. The molecule has 0 radical (unpaired) electrons. The Labute approximate surface area is 111 Å². The van der Waals surface area contributed by atoms with Gasteiger partial charge in [-0.2, -0.15) is 0 Å². The summed E-state index contributed by atoms with van der Waals surface area (Å²) in [6.07, 6.45) is 0. The standard InChI is InChI=1S/C12H8ClN3O3/c1-16-11(18)9(17)8(15-12(16)13)10-14-6-4-2-3-5-7(6)19-10/h2-5,17H,1H3. The Morgan fingerprint density at radius 3 is 2.79 bits per heavy atom. The molecule has 3 aromatic rings. The van der Waals surface area contributed by atoms with Crippen molar-refractivity contribution in [2.24, 2.45) is 7.05 Å². The molecule has 0 fully saturated rings. The fourth-order valence-electron chi connectivity index (χ4n) is 1.69. The summed E-state index contributed by atoms with van der Waals surface area (Å²) in [5.74, 6) is -0.489. The van der Waals surface area contributed by atoms with E-state index in [4.69, 9.17) is 16.0 Å². The molecule has 7 heteroatoms. The molecule has 1 N–H and O–H groups in total. The van der Waals surface area contributed by atoms with Crippen LogP contribution in [0.1, 0.15) is 0 Å². The summed E-state index contributed by atoms with van der Waals surface area (Å²) in [4.78, 5) is 19.8. The number of aromatic nitrogens is 3. The van der Waals surface area contributed by atoms with Gasteiger partial charge in [0.1, 0.15) is 5.52 Å². The number of para-hydroxylation sites is 2. The molecule has 0 spiro atoms. The van der Waals surface area contributed by atoms with Crippen molar-refractivity contribution >= 4 is 22.7 Å². The van der Waals surface area contributed by atoms with Gasteiger partial charge in [0.05, 0.1) is 0 Å². The quantitative estimate of drug-likeness (QED) is 0.688. The summed E-state index contributed by atoms with van der Waals surface area (Å²) in [6, 6.07) is 7.08. The van der Waals surface area contributed by atoms with E-state index in [0.717, 1.165) is 4.57 Å². The fraction of sp³-hybridized carbons (Fsp3) is 0.0833. The van der Waals surface area contributed by atoms with Crippen molar-refractivity contribution in [3.63, 3.8) is 0 Å². The van der Waals surface area contributed by atoms with Crippen LogP contribution >= 0.6 is 11.6 Å². The Hall–Kier alpha value is -2.34. The molecule has 0 amide bonds. The van der Waals surface area contributed by atoms with Gasteiger partial charge in [-0.3, -0.25) is 9.36 Å². The van der Waals surface area contributed by atoms with Crippen LogP contribution in [0, 0.1) is 0 Å². The van der Waals surface area contributed by atoms with Gasteiger partial charge < -0.3 is 9.52 Å². The van der Waals surface area contributed by atoms with Crippen LogP contribution in [-0.2, 0) is 7.05 Å². The van der Waals surface area contributed by atoms with Crippen molar-refractivity contribution in [1.82, 2.24) is 14.5 Å². The molecule has 0 unspecified atom stereocenters. The van der Waals surface area contributed by atoms with E-state index in [1.54, 1.807) is 24.3 Å². The summed E-state index contributed by atoms with van der Waals surface area (Å²) in [7, 11) is 1.41. The maximum Gasteiger partial charge on any atom is 0.297 e. The van der Waals surface area contributed by atoms with Crippen LogP contribution < -0.4 is 5.56 Å². The zero-order valence-electron chi connectivity index (χ0n) is 9.79. The Balaban J connectivity index is 2.30. The van der Waals surface area contributed by atoms with E-state index in [2.05, 4.69) is 9.97 Å². The van der Waals surface area contributed by atoms with E-state index in [0.29, 0.717) is 11.1 Å². The third-order valence-electron chi connectivity index (χ3n) is 2.71. The summed E-state index contributed by atoms with van der Waals surface area (Å²) in [5.41, 5.74) is 0.424. The van der Waals surface area contributed by atoms with Crippen LogP contribution in [0.5, 0.6) is 5.75 Å². The van der Waals surface area contributed by atoms with Crippen LogP contribution in [-0.4, -0.2) is 19.6 Å². The van der Waals surface area contributed by atoms with Crippen LogP contribution in [0.4, 0.5) is 0 Å². The van der Waals surface area contributed by atoms with Crippen molar-refractivity contribution < 1.29 is 9.52 Å². The highest BCUT2D eigenvalue weighted by Gasteiger charge is 2.19. The summed E-state index contributed by atoms with van der Waals surface area (Å²) in [6.45, 7) is 0. The molecule has 3 rings (SSSR count). The van der Waals surface area contributed by atoms with E-state index < -0.39 is 11.3 Å². The SMILES string of the molecule is Cn1c(Cl)nc(-c2nc3ccccc3o2)c(O)c1=O. The molecule has 0 saturated heterocycles. The molecule has 0 aliphatic rings. The third kappa shape index (κ3) is 1.77. The molecule has 19 heavy (non-hydrogen) atoms. The van der Waals surface area contributed by atoms with Crippen molar-refractivity contribution in [3.05, 3.63) is 39.9 Å². The van der Waals surface area contributed by atoms with Gasteiger partial charge in [-0.05, 0) is 23.7 Å². The monoisotopic (exact) mass is 277 g/mol. The van der Waals surface area contributed by atoms with Crippen molar-refractivity contribution in [2.75, 3.05) is 0 Å². The second-order valence-corrected chi connectivity index (χ2v) is 4.27. The molecule has 2 aromatic heterocycles. The minimum Gasteiger partial charge on any atom is -0.501 e. The molecule has 0 aliphatic heterocycles. The fourth-order valence-corrected chi connectivity index (χ4v) is 1.85. The van der Waals surface area contributed by atoms with Gasteiger partial charge in [0.25, 0.3) is 5.56 Å². The predicted octanol–water partition coefficient (Wildman–Crippen LogP) is 1.95. The molecule has 1 aromatic carbocycles. The molecular weight excluding hydrogens is 270 g/mol. The first-order chi connectivity index (χ1) is 9.08. The topological polar surface area (TPSA) is 81.2 Å². The lowest BCUT2D eigenvalue weighted by atomic mass is 10.3. The minimum atomic E-state index is -0.655. The van der Waals surface area contributed by atoms with E-state index in [1.807, 2.05) is 0 Å². The lowest BCUT2D eigenvalue weighted by Crippen LogP contribution is -2.18. The van der Waals surface area contributed by atoms with Crippen molar-refractivity contribution in [2.45, 2.75) is 0 Å². The second kappa shape index (κ2) is 4.10. The average molecular weight is 278 g/mol. The number of hydrogen-bond donors (Lipinski definition) is 1. The Kier molecular flexibility index (Phi) is 2.53. The summed E-state index contributed by atoms with van der Waals surface area (Å²) >= 11 is 5.81. The minimum absolute atomic E-state index is 0.0540. The van der Waals surface area contributed by atoms with Gasteiger partial charge in [-0.15, -0.1) is 0 Å². The van der Waals surface area contributed by atoms with Crippen LogP contribution in [0.25, 0.3) is 22.7 Å². The molecular formula is C12H8ClN3O3. The number of oxazole rings is 1. The molecule has 0 saturated carbocycles. The smallest absolute Gasteiger partial charge is 0.297 e. The molecule has 0 bridgehead atoms. The highest BCUT2D eigenvalue weighted by atomic mass is 35.5. The van der Waals surface area contributed by atoms with Crippen LogP contribution in [0.2, 0.25) is 5.28 Å². The van der Waals surface area contributed by atoms with E-state index in [1.165, 1.54) is 7.05 Å². The number of hydrogen-bond acceptors (Lipinski definition) is 5. The normalized spacial score (nSPS) is 11.1. The first-order valence-electron chi connectivity index (χ1n) is 5.39. The number of benzene rings is 1. The van der Waals surface area contributed by atoms with Crippen LogP contribution in [0.15, 0.2) is 33.5 Å². The number of halogens is 1. The van der Waals surface area contributed by atoms with Crippen LogP contribution in [0.3, 0.4) is 0 Å². The van der Waals surface area contributed by atoms with Crippen molar-refractivity contribution in [3.8, 4) is 17.3 Å². The summed E-state index contributed by atoms with van der Waals surface area (Å²) < 4.78 is 6.48. The molecule has 0 aliphatic carbocycles. The average Bonchev–Trinajstić information content (AvgIpc) is 2.84. The van der Waals surface area contributed by atoms with Gasteiger partial charge in [0, 0.05) is 7.05 Å². The molecule has 2 heterocycles. The zero-order chi connectivity index (χ0) is 13.6. The Morgan fingerprint density at radius 2 is 2.05 bits per heavy atom. The number of fused-ring (bicyclic) bond motifs is 1. The lowest BCUT2D eigenvalue weighted by Gasteiger charge is -2.03. The molecule has 96 valence electrons. The first-order valence-corrected chi connectivity index (χ1v) is 5.77. The van der Waals surface area contributed by atoms with Gasteiger partial charge in [-0.1, -0.05) is 12.1 Å². The van der Waals surface area contributed by atoms with Gasteiger partial charge in [0.2, 0.25) is 16.9 Å². The largest absolute Gasteiger partial charge is 0.501 e. The Bertz CT molecular complexity index is 805. The zero-order valence-corrected chi connectivity index (χ0v) is 10.5. The van der Waals surface area contributed by atoms with Gasteiger partial charge >= 0.3 is 0 Å². The second-order valence-electron chi connectivity index (χ2n) is 3.93. The van der Waals surface area contributed by atoms with Gasteiger partial charge in [0.15, 0.2) is 11.3 Å². The maximum absolute atomic E-state index is 11.7. The first kappa shape index (κ1) is 11.7. The highest BCUT2D eigenvalue weighted by molar-refractivity contribution is 6.28. The summed E-state index contributed by atoms with van der Waals surface area (Å²) in [5, 5.41) is 9.77. The van der Waals surface area contributed by atoms with E-state index >= 15 is 0 Å². The third-order valence-corrected chi connectivity index (χ3v) is 3.05.